The molecule has 3 aliphatic rings. The van der Waals surface area contributed by atoms with E-state index in [2.05, 4.69) is 26.0 Å². The van der Waals surface area contributed by atoms with Crippen LogP contribution in [0.5, 0.6) is 5.75 Å². The maximum Gasteiger partial charge on any atom is 0.200 e. The van der Waals surface area contributed by atoms with Crippen molar-refractivity contribution >= 4 is 0 Å². The third-order valence-electron chi connectivity index (χ3n) is 9.81. The molecule has 3 aliphatic carbocycles. The van der Waals surface area contributed by atoms with Gasteiger partial charge in [-0.3, -0.25) is 0 Å². The second kappa shape index (κ2) is 14.0. The maximum atomic E-state index is 14.8. The summed E-state index contributed by atoms with van der Waals surface area (Å²) in [6.45, 7) is 4.89. The molecule has 0 radical (unpaired) electrons. The third kappa shape index (κ3) is 7.57. The number of rotatable bonds is 10. The molecule has 1 aromatic carbocycles. The van der Waals surface area contributed by atoms with Crippen molar-refractivity contribution in [3.8, 4) is 5.75 Å². The van der Waals surface area contributed by atoms with Crippen LogP contribution in [0.1, 0.15) is 128 Å². The molecule has 202 valence electrons. The van der Waals surface area contributed by atoms with Crippen molar-refractivity contribution in [2.45, 2.75) is 122 Å². The van der Waals surface area contributed by atoms with Crippen molar-refractivity contribution in [3.05, 3.63) is 41.5 Å². The van der Waals surface area contributed by atoms with Crippen molar-refractivity contribution in [2.75, 3.05) is 6.61 Å². The summed E-state index contributed by atoms with van der Waals surface area (Å²) in [6.07, 6.45) is 24.9. The van der Waals surface area contributed by atoms with E-state index in [0.29, 0.717) is 12.2 Å². The molecule has 3 heteroatoms. The minimum absolute atomic E-state index is 0.0641. The molecule has 0 amide bonds. The highest BCUT2D eigenvalue weighted by Gasteiger charge is 2.32. The van der Waals surface area contributed by atoms with Crippen LogP contribution in [0.2, 0.25) is 0 Å². The molecule has 1 aromatic rings. The van der Waals surface area contributed by atoms with Gasteiger partial charge in [0.2, 0.25) is 5.82 Å². The van der Waals surface area contributed by atoms with Gasteiger partial charge in [0.1, 0.15) is 0 Å². The molecule has 0 unspecified atom stereocenters. The Balaban J connectivity index is 1.16. The molecule has 3 fully saturated rings. The van der Waals surface area contributed by atoms with Crippen molar-refractivity contribution < 1.29 is 13.5 Å². The largest absolute Gasteiger partial charge is 0.490 e. The van der Waals surface area contributed by atoms with Gasteiger partial charge in [0.05, 0.1) is 6.61 Å². The molecule has 0 heterocycles. The van der Waals surface area contributed by atoms with E-state index in [9.17, 15) is 8.78 Å². The lowest BCUT2D eigenvalue weighted by Crippen LogP contribution is -2.25. The highest BCUT2D eigenvalue weighted by atomic mass is 19.2. The van der Waals surface area contributed by atoms with Crippen molar-refractivity contribution in [1.29, 1.82) is 0 Å². The van der Waals surface area contributed by atoms with Gasteiger partial charge in [-0.1, -0.05) is 64.2 Å². The van der Waals surface area contributed by atoms with Gasteiger partial charge >= 0.3 is 0 Å². The van der Waals surface area contributed by atoms with E-state index in [1.807, 2.05) is 0 Å². The van der Waals surface area contributed by atoms with Crippen molar-refractivity contribution in [2.24, 2.45) is 29.6 Å². The summed E-state index contributed by atoms with van der Waals surface area (Å²) < 4.78 is 34.9. The van der Waals surface area contributed by atoms with Gasteiger partial charge in [0, 0.05) is 0 Å². The van der Waals surface area contributed by atoms with Crippen molar-refractivity contribution in [3.63, 3.8) is 0 Å². The number of benzene rings is 1. The molecule has 3 saturated carbocycles. The van der Waals surface area contributed by atoms with E-state index >= 15 is 0 Å². The Bertz CT molecular complexity index is 809. The highest BCUT2D eigenvalue weighted by Crippen LogP contribution is 2.45. The molecule has 0 bridgehead atoms. The van der Waals surface area contributed by atoms with Crippen LogP contribution in [0.4, 0.5) is 8.78 Å². The average molecular weight is 501 g/mol. The maximum absolute atomic E-state index is 14.8. The molecule has 0 aliphatic heterocycles. The smallest absolute Gasteiger partial charge is 0.200 e. The van der Waals surface area contributed by atoms with Crippen LogP contribution in [0.3, 0.4) is 0 Å². The zero-order chi connectivity index (χ0) is 25.3. The zero-order valence-electron chi connectivity index (χ0n) is 23.0. The summed E-state index contributed by atoms with van der Waals surface area (Å²) in [5.74, 6) is 3.04. The fourth-order valence-corrected chi connectivity index (χ4v) is 7.25. The fraction of sp³-hybridized carbons (Fsp3) is 0.758. The van der Waals surface area contributed by atoms with Gasteiger partial charge in [0.25, 0.3) is 0 Å². The number of unbranched alkanes of at least 4 members (excludes halogenated alkanes) is 1. The SMILES string of the molecule is CCCCOc1ccc(C2CCC(C3CCC(CC/C=C/C4CCC(C)CC4)CC3)CC2)c(F)c1F. The molecular weight excluding hydrogens is 450 g/mol. The first-order chi connectivity index (χ1) is 17.5. The van der Waals surface area contributed by atoms with Crippen LogP contribution < -0.4 is 4.74 Å². The molecule has 0 saturated heterocycles. The second-order valence-corrected chi connectivity index (χ2v) is 12.4. The minimum atomic E-state index is -0.799. The van der Waals surface area contributed by atoms with Gasteiger partial charge < -0.3 is 4.74 Å². The summed E-state index contributed by atoms with van der Waals surface area (Å²) in [4.78, 5) is 0. The third-order valence-corrected chi connectivity index (χ3v) is 9.81. The van der Waals surface area contributed by atoms with Gasteiger partial charge in [-0.15, -0.1) is 0 Å². The predicted molar refractivity (Wildman–Crippen MR) is 146 cm³/mol. The topological polar surface area (TPSA) is 9.23 Å². The molecule has 0 atom stereocenters. The number of allylic oxidation sites excluding steroid dienone is 2. The summed E-state index contributed by atoms with van der Waals surface area (Å²) in [5.41, 5.74) is 0.563. The lowest BCUT2D eigenvalue weighted by Gasteiger charge is -2.38. The van der Waals surface area contributed by atoms with Crippen LogP contribution in [0, 0.1) is 41.2 Å². The first-order valence-electron chi connectivity index (χ1n) is 15.3. The van der Waals surface area contributed by atoms with Gasteiger partial charge in [-0.25, -0.2) is 4.39 Å². The van der Waals surface area contributed by atoms with Crippen LogP contribution >= 0.6 is 0 Å². The Morgan fingerprint density at radius 3 is 2.17 bits per heavy atom. The number of ether oxygens (including phenoxy) is 1. The Kier molecular flexibility index (Phi) is 10.7. The van der Waals surface area contributed by atoms with E-state index in [1.54, 1.807) is 12.1 Å². The molecule has 0 spiro atoms. The molecule has 0 aromatic heterocycles. The first-order valence-corrected chi connectivity index (χ1v) is 15.3. The zero-order valence-corrected chi connectivity index (χ0v) is 23.0. The average Bonchev–Trinajstić information content (AvgIpc) is 2.91. The number of hydrogen-bond acceptors (Lipinski definition) is 1. The molecule has 4 rings (SSSR count). The fourth-order valence-electron chi connectivity index (χ4n) is 7.25. The monoisotopic (exact) mass is 500 g/mol. The Hall–Kier alpha value is -1.38. The Morgan fingerprint density at radius 2 is 1.50 bits per heavy atom. The lowest BCUT2D eigenvalue weighted by molar-refractivity contribution is 0.156. The van der Waals surface area contributed by atoms with E-state index in [-0.39, 0.29) is 11.7 Å². The number of halogens is 2. The molecular formula is C33H50F2O. The van der Waals surface area contributed by atoms with Crippen LogP contribution in [-0.2, 0) is 0 Å². The second-order valence-electron chi connectivity index (χ2n) is 12.4. The van der Waals surface area contributed by atoms with Crippen molar-refractivity contribution in [1.82, 2.24) is 0 Å². The predicted octanol–water partition coefficient (Wildman–Crippen LogP) is 10.4. The summed E-state index contributed by atoms with van der Waals surface area (Å²) in [7, 11) is 0. The molecule has 0 N–H and O–H groups in total. The van der Waals surface area contributed by atoms with E-state index in [0.717, 1.165) is 55.3 Å². The molecule has 1 nitrogen and oxygen atoms in total. The number of hydrogen-bond donors (Lipinski definition) is 0. The van der Waals surface area contributed by atoms with Gasteiger partial charge in [-0.2, -0.15) is 4.39 Å². The van der Waals surface area contributed by atoms with E-state index in [1.165, 1.54) is 77.0 Å². The quantitative estimate of drug-likeness (QED) is 0.229. The minimum Gasteiger partial charge on any atom is -0.490 e. The van der Waals surface area contributed by atoms with Crippen LogP contribution in [-0.4, -0.2) is 6.61 Å². The summed E-state index contributed by atoms with van der Waals surface area (Å²) >= 11 is 0. The lowest BCUT2D eigenvalue weighted by atomic mass is 9.68. The molecule has 36 heavy (non-hydrogen) atoms. The Labute approximate surface area is 219 Å². The standard InChI is InChI=1S/C33H50F2O/c1-3-4-23-36-31-22-21-30(32(34)33(31)35)29-19-17-28(18-20-29)27-15-13-26(14-16-27)8-6-5-7-25-11-9-24(2)10-12-25/h5,7,21-22,24-29H,3-4,6,8-20,23H2,1-2H3/b7-5+. The van der Waals surface area contributed by atoms with Gasteiger partial charge in [-0.05, 0) is 118 Å². The van der Waals surface area contributed by atoms with Crippen LogP contribution in [0.15, 0.2) is 24.3 Å². The Morgan fingerprint density at radius 1 is 0.833 bits per heavy atom. The summed E-state index contributed by atoms with van der Waals surface area (Å²) in [5, 5.41) is 0. The van der Waals surface area contributed by atoms with Gasteiger partial charge in [0.15, 0.2) is 11.6 Å². The summed E-state index contributed by atoms with van der Waals surface area (Å²) in [6, 6.07) is 3.42. The first kappa shape index (κ1) is 27.6. The van der Waals surface area contributed by atoms with Crippen LogP contribution in [0.25, 0.3) is 0 Å². The van der Waals surface area contributed by atoms with E-state index in [4.69, 9.17) is 4.74 Å². The highest BCUT2D eigenvalue weighted by molar-refractivity contribution is 5.33. The van der Waals surface area contributed by atoms with E-state index < -0.39 is 11.6 Å². The normalized spacial score (nSPS) is 31.6.